The lowest BCUT2D eigenvalue weighted by Gasteiger charge is -2.29. The van der Waals surface area contributed by atoms with Crippen LogP contribution in [0, 0.1) is 18.8 Å². The Morgan fingerprint density at radius 3 is 2.68 bits per heavy atom. The van der Waals surface area contributed by atoms with Crippen molar-refractivity contribution < 1.29 is 18.4 Å². The Morgan fingerprint density at radius 1 is 1.16 bits per heavy atom. The van der Waals surface area contributed by atoms with Crippen LogP contribution < -0.4 is 10.2 Å². The summed E-state index contributed by atoms with van der Waals surface area (Å²) in [4.78, 5) is 32.7. The summed E-state index contributed by atoms with van der Waals surface area (Å²) in [7, 11) is 0. The van der Waals surface area contributed by atoms with Crippen LogP contribution in [0.2, 0.25) is 5.02 Å². The van der Waals surface area contributed by atoms with Gasteiger partial charge in [0.2, 0.25) is 0 Å². The number of rotatable bonds is 6. The minimum Gasteiger partial charge on any atom is -0.356 e. The van der Waals surface area contributed by atoms with Crippen molar-refractivity contribution in [2.24, 2.45) is 11.8 Å². The van der Waals surface area contributed by atoms with E-state index >= 15 is 0 Å². The minimum atomic E-state index is -3.19. The van der Waals surface area contributed by atoms with E-state index in [4.69, 9.17) is 21.7 Å². The maximum absolute atomic E-state index is 13.8. The number of benzene rings is 1. The molecule has 3 aromatic rings. The number of halogens is 3. The average Bonchev–Trinajstić information content (AvgIpc) is 3.49. The number of amides is 1. The number of carbonyl (C=O) groups is 2. The highest BCUT2D eigenvalue weighted by molar-refractivity contribution is 6.31. The third-order valence-electron chi connectivity index (χ3n) is 7.53. The molecule has 0 radical (unpaired) electrons. The molecule has 0 bridgehead atoms. The number of fused-ring (bicyclic) bond motifs is 1. The van der Waals surface area contributed by atoms with Crippen LogP contribution in [0.15, 0.2) is 30.5 Å². The molecule has 1 aromatic carbocycles. The largest absolute Gasteiger partial charge is 0.356 e. The smallest absolute Gasteiger partial charge is 0.315 e. The summed E-state index contributed by atoms with van der Waals surface area (Å²) in [5.74, 6) is -0.659. The molecule has 3 heterocycles. The summed E-state index contributed by atoms with van der Waals surface area (Å²) < 4.78 is 27.6. The molecule has 1 saturated heterocycles. The summed E-state index contributed by atoms with van der Waals surface area (Å²) >= 11 is 6.16. The van der Waals surface area contributed by atoms with Crippen molar-refractivity contribution >= 4 is 40.4 Å². The van der Waals surface area contributed by atoms with Gasteiger partial charge < -0.3 is 10.2 Å². The number of carbonyl (C=O) groups excluding carboxylic acids is 2. The lowest BCUT2D eigenvalue weighted by atomic mass is 9.74. The Bertz CT molecular complexity index is 1340. The predicted molar refractivity (Wildman–Crippen MR) is 139 cm³/mol. The summed E-state index contributed by atoms with van der Waals surface area (Å²) in [5.41, 5.74) is 2.75. The molecule has 1 amide bonds. The van der Waals surface area contributed by atoms with Gasteiger partial charge in [-0.1, -0.05) is 31.4 Å². The fourth-order valence-electron chi connectivity index (χ4n) is 5.66. The van der Waals surface area contributed by atoms with Crippen LogP contribution >= 0.6 is 11.6 Å². The lowest BCUT2D eigenvalue weighted by molar-refractivity contribution is -0.126. The third kappa shape index (κ3) is 5.19. The maximum Gasteiger partial charge on any atom is 0.315 e. The molecule has 10 heteroatoms. The number of Topliss-reactive ketones (excluding diaryl/α,β-unsaturated/α-hetero) is 1. The van der Waals surface area contributed by atoms with Crippen LogP contribution in [0.1, 0.15) is 66.6 Å². The first-order valence-electron chi connectivity index (χ1n) is 12.8. The van der Waals surface area contributed by atoms with Gasteiger partial charge in [0.05, 0.1) is 11.4 Å². The topological polar surface area (TPSA) is 79.6 Å². The van der Waals surface area contributed by atoms with Crippen LogP contribution in [0.3, 0.4) is 0 Å². The number of aryl methyl sites for hydroxylation is 1. The molecule has 196 valence electrons. The first-order valence-corrected chi connectivity index (χ1v) is 13.1. The molecule has 37 heavy (non-hydrogen) atoms. The molecule has 1 N–H and O–H groups in total. The van der Waals surface area contributed by atoms with Gasteiger partial charge in [-0.3, -0.25) is 9.59 Å². The van der Waals surface area contributed by atoms with Gasteiger partial charge >= 0.3 is 6.43 Å². The molecule has 0 spiro atoms. The predicted octanol–water partition coefficient (Wildman–Crippen LogP) is 5.90. The molecular formula is C27H30ClF2N5O2. The van der Waals surface area contributed by atoms with Crippen molar-refractivity contribution in [1.82, 2.24) is 14.6 Å². The highest BCUT2D eigenvalue weighted by Gasteiger charge is 2.36. The van der Waals surface area contributed by atoms with Crippen LogP contribution in [0.25, 0.3) is 5.65 Å². The summed E-state index contributed by atoms with van der Waals surface area (Å²) in [5, 5.41) is 7.27. The quantitative estimate of drug-likeness (QED) is 0.402. The van der Waals surface area contributed by atoms with Crippen LogP contribution in [0.5, 0.6) is 0 Å². The summed E-state index contributed by atoms with van der Waals surface area (Å²) in [6.45, 7) is 6.24. The van der Waals surface area contributed by atoms with E-state index in [1.54, 1.807) is 4.52 Å². The summed E-state index contributed by atoms with van der Waals surface area (Å²) in [6, 6.07) is 6.25. The number of anilines is 2. The van der Waals surface area contributed by atoms with Gasteiger partial charge in [-0.15, -0.1) is 0 Å². The van der Waals surface area contributed by atoms with Crippen molar-refractivity contribution in [3.05, 3.63) is 52.3 Å². The molecular weight excluding hydrogens is 500 g/mol. The van der Waals surface area contributed by atoms with Gasteiger partial charge in [0.15, 0.2) is 11.4 Å². The monoisotopic (exact) mass is 529 g/mol. The van der Waals surface area contributed by atoms with E-state index in [0.29, 0.717) is 17.4 Å². The van der Waals surface area contributed by atoms with Gasteiger partial charge in [0, 0.05) is 53.3 Å². The normalized spacial score (nSPS) is 22.1. The Morgan fingerprint density at radius 2 is 1.95 bits per heavy atom. The van der Waals surface area contributed by atoms with E-state index in [0.717, 1.165) is 61.5 Å². The molecule has 2 fully saturated rings. The maximum atomic E-state index is 13.8. The standard InChI is InChI=1S/C27H30ClF2N5O2/c1-15-9-10-34(13-15)26-16(2)14-35-23(32-26)12-22(33-35)18-5-3-4-6-19(18)24(36)20-11-17(28)7-8-21(20)31-27(37)25(29)30/h7-8,11-12,14-15,18-19,25H,3-6,9-10,13H2,1-2H3,(H,31,37)/t15-,18+,19?/m0/s1. The number of alkyl halides is 2. The molecule has 3 atom stereocenters. The second-order valence-electron chi connectivity index (χ2n) is 10.3. The van der Waals surface area contributed by atoms with Crippen LogP contribution in [-0.4, -0.2) is 45.8 Å². The van der Waals surface area contributed by atoms with Crippen molar-refractivity contribution in [3.63, 3.8) is 0 Å². The molecule has 1 unspecified atom stereocenters. The van der Waals surface area contributed by atoms with Gasteiger partial charge in [-0.25, -0.2) is 9.50 Å². The van der Waals surface area contributed by atoms with Gasteiger partial charge in [0.1, 0.15) is 5.82 Å². The Balaban J connectivity index is 1.47. The van der Waals surface area contributed by atoms with E-state index in [1.807, 2.05) is 19.2 Å². The highest BCUT2D eigenvalue weighted by Crippen LogP contribution is 2.41. The Labute approximate surface area is 219 Å². The molecule has 2 aliphatic rings. The number of ketones is 1. The Hall–Kier alpha value is -3.07. The highest BCUT2D eigenvalue weighted by atomic mass is 35.5. The first kappa shape index (κ1) is 25.6. The molecule has 5 rings (SSSR count). The molecule has 1 saturated carbocycles. The number of hydrogen-bond donors (Lipinski definition) is 1. The van der Waals surface area contributed by atoms with Gasteiger partial charge in [-0.05, 0) is 50.3 Å². The number of nitrogens with one attached hydrogen (secondary N) is 1. The fraction of sp³-hybridized carbons (Fsp3) is 0.481. The zero-order chi connectivity index (χ0) is 26.3. The molecule has 7 nitrogen and oxygen atoms in total. The summed E-state index contributed by atoms with van der Waals surface area (Å²) in [6.07, 6.45) is 3.17. The van der Waals surface area contributed by atoms with E-state index < -0.39 is 18.3 Å². The van der Waals surface area contributed by atoms with Crippen molar-refractivity contribution in [1.29, 1.82) is 0 Å². The van der Waals surface area contributed by atoms with Crippen molar-refractivity contribution in [2.75, 3.05) is 23.3 Å². The molecule has 1 aliphatic heterocycles. The lowest BCUT2D eigenvalue weighted by Crippen LogP contribution is -2.28. The Kier molecular flexibility index (Phi) is 7.16. The third-order valence-corrected chi connectivity index (χ3v) is 7.77. The molecule has 1 aliphatic carbocycles. The van der Waals surface area contributed by atoms with E-state index in [2.05, 4.69) is 17.1 Å². The number of nitrogens with zero attached hydrogens (tertiary/aromatic N) is 4. The van der Waals surface area contributed by atoms with Crippen molar-refractivity contribution in [3.8, 4) is 0 Å². The fourth-order valence-corrected chi connectivity index (χ4v) is 5.84. The van der Waals surface area contributed by atoms with E-state index in [9.17, 15) is 18.4 Å². The van der Waals surface area contributed by atoms with Crippen LogP contribution in [-0.2, 0) is 4.79 Å². The SMILES string of the molecule is Cc1cn2nc([C@@H]3CCCCC3C(=O)c3cc(Cl)ccc3NC(=O)C(F)F)cc2nc1N1CC[C@H](C)C1. The van der Waals surface area contributed by atoms with Gasteiger partial charge in [-0.2, -0.15) is 13.9 Å². The van der Waals surface area contributed by atoms with Crippen LogP contribution in [0.4, 0.5) is 20.3 Å². The first-order chi connectivity index (χ1) is 17.7. The zero-order valence-corrected chi connectivity index (χ0v) is 21.6. The second-order valence-corrected chi connectivity index (χ2v) is 10.7. The molecule has 2 aromatic heterocycles. The average molecular weight is 530 g/mol. The zero-order valence-electron chi connectivity index (χ0n) is 20.9. The number of hydrogen-bond acceptors (Lipinski definition) is 5. The van der Waals surface area contributed by atoms with Gasteiger partial charge in [0.25, 0.3) is 5.91 Å². The van der Waals surface area contributed by atoms with E-state index in [-0.39, 0.29) is 23.0 Å². The minimum absolute atomic E-state index is 0.0424. The van der Waals surface area contributed by atoms with E-state index in [1.165, 1.54) is 18.2 Å². The second kappa shape index (κ2) is 10.4. The number of aromatic nitrogens is 3. The van der Waals surface area contributed by atoms with Crippen molar-refractivity contribution in [2.45, 2.75) is 58.3 Å².